The van der Waals surface area contributed by atoms with Gasteiger partial charge in [-0.05, 0) is 49.6 Å². The number of nitrogens with two attached hydrogens (primary N) is 1. The average molecular weight is 302 g/mol. The molecule has 1 aliphatic heterocycles. The van der Waals surface area contributed by atoms with E-state index in [1.807, 2.05) is 31.2 Å². The summed E-state index contributed by atoms with van der Waals surface area (Å²) >= 11 is 0. The summed E-state index contributed by atoms with van der Waals surface area (Å²) in [6.07, 6.45) is 0.733. The summed E-state index contributed by atoms with van der Waals surface area (Å²) in [4.78, 5) is 0.283. The fraction of sp³-hybridized carbons (Fsp3) is 0.250. The van der Waals surface area contributed by atoms with E-state index in [4.69, 9.17) is 5.73 Å². The van der Waals surface area contributed by atoms with Crippen LogP contribution in [0.25, 0.3) is 0 Å². The Balaban J connectivity index is 2.17. The zero-order valence-corrected chi connectivity index (χ0v) is 12.9. The van der Waals surface area contributed by atoms with E-state index in [1.165, 1.54) is 4.31 Å². The highest BCUT2D eigenvalue weighted by atomic mass is 32.2. The maximum atomic E-state index is 13.1. The van der Waals surface area contributed by atoms with Crippen LogP contribution in [0.2, 0.25) is 0 Å². The number of hydrogen-bond acceptors (Lipinski definition) is 3. The van der Waals surface area contributed by atoms with E-state index < -0.39 is 10.0 Å². The first-order valence-corrected chi connectivity index (χ1v) is 8.34. The molecule has 2 aromatic carbocycles. The summed E-state index contributed by atoms with van der Waals surface area (Å²) in [5, 5.41) is 0. The third-order valence-corrected chi connectivity index (χ3v) is 6.08. The molecule has 1 unspecified atom stereocenters. The minimum atomic E-state index is -3.60. The van der Waals surface area contributed by atoms with Gasteiger partial charge < -0.3 is 5.73 Å². The molecule has 5 heteroatoms. The number of benzene rings is 2. The fourth-order valence-electron chi connectivity index (χ4n) is 2.92. The predicted molar refractivity (Wildman–Crippen MR) is 84.9 cm³/mol. The molecule has 2 aromatic rings. The Morgan fingerprint density at radius 2 is 1.86 bits per heavy atom. The van der Waals surface area contributed by atoms with Gasteiger partial charge in [0.2, 0.25) is 0 Å². The number of nitrogens with zero attached hydrogens (tertiary/aromatic N) is 1. The molecule has 0 saturated heterocycles. The zero-order valence-electron chi connectivity index (χ0n) is 12.1. The van der Waals surface area contributed by atoms with Gasteiger partial charge in [-0.3, -0.25) is 4.31 Å². The van der Waals surface area contributed by atoms with Crippen LogP contribution in [0.5, 0.6) is 0 Å². The molecule has 110 valence electrons. The standard InChI is InChI=1S/C16H18N2O2S/c1-11-10-13-6-3-4-8-15(13)18(11)21(19,20)16-9-5-7-14(17)12(16)2/h3-9,11H,10,17H2,1-2H3. The summed E-state index contributed by atoms with van der Waals surface area (Å²) in [7, 11) is -3.60. The molecule has 1 aliphatic rings. The zero-order chi connectivity index (χ0) is 15.2. The van der Waals surface area contributed by atoms with Crippen molar-refractivity contribution in [2.24, 2.45) is 0 Å². The smallest absolute Gasteiger partial charge is 0.264 e. The summed E-state index contributed by atoms with van der Waals surface area (Å²) in [5.74, 6) is 0. The predicted octanol–water partition coefficient (Wildman–Crippen LogP) is 2.72. The summed E-state index contributed by atoms with van der Waals surface area (Å²) in [6.45, 7) is 3.67. The molecule has 0 fully saturated rings. The molecule has 0 aromatic heterocycles. The summed E-state index contributed by atoms with van der Waals surface area (Å²) in [5.41, 5.74) is 8.80. The van der Waals surface area contributed by atoms with Gasteiger partial charge in [0.15, 0.2) is 0 Å². The highest BCUT2D eigenvalue weighted by Crippen LogP contribution is 2.37. The van der Waals surface area contributed by atoms with Crippen molar-refractivity contribution in [2.75, 3.05) is 10.0 Å². The largest absolute Gasteiger partial charge is 0.398 e. The monoisotopic (exact) mass is 302 g/mol. The van der Waals surface area contributed by atoms with E-state index >= 15 is 0 Å². The number of sulfonamides is 1. The molecule has 0 radical (unpaired) electrons. The molecule has 1 atom stereocenters. The fourth-order valence-corrected chi connectivity index (χ4v) is 4.87. The lowest BCUT2D eigenvalue weighted by atomic mass is 10.1. The molecule has 4 nitrogen and oxygen atoms in total. The number of hydrogen-bond donors (Lipinski definition) is 1. The van der Waals surface area contributed by atoms with Crippen LogP contribution < -0.4 is 10.0 Å². The summed E-state index contributed by atoms with van der Waals surface area (Å²) in [6, 6.07) is 12.6. The van der Waals surface area contributed by atoms with Crippen molar-refractivity contribution in [3.8, 4) is 0 Å². The van der Waals surface area contributed by atoms with E-state index in [0.717, 1.165) is 17.7 Å². The molecule has 0 spiro atoms. The van der Waals surface area contributed by atoms with Crippen molar-refractivity contribution in [3.05, 3.63) is 53.6 Å². The average Bonchev–Trinajstić information content (AvgIpc) is 2.78. The second kappa shape index (κ2) is 4.77. The SMILES string of the molecule is Cc1c(N)cccc1S(=O)(=O)N1c2ccccc2CC1C. The lowest BCUT2D eigenvalue weighted by Gasteiger charge is -2.25. The topological polar surface area (TPSA) is 63.4 Å². The van der Waals surface area contributed by atoms with Crippen LogP contribution in [0, 0.1) is 6.92 Å². The third-order valence-electron chi connectivity index (χ3n) is 4.01. The molecular formula is C16H18N2O2S. The first kappa shape index (κ1) is 13.9. The van der Waals surface area contributed by atoms with Crippen molar-refractivity contribution in [3.63, 3.8) is 0 Å². The Morgan fingerprint density at radius 3 is 2.62 bits per heavy atom. The molecule has 3 rings (SSSR count). The second-order valence-electron chi connectivity index (χ2n) is 5.45. The van der Waals surface area contributed by atoms with Crippen molar-refractivity contribution < 1.29 is 8.42 Å². The van der Waals surface area contributed by atoms with Gasteiger partial charge in [-0.2, -0.15) is 0 Å². The molecule has 0 bridgehead atoms. The van der Waals surface area contributed by atoms with Crippen LogP contribution in [0.15, 0.2) is 47.4 Å². The van der Waals surface area contributed by atoms with Crippen molar-refractivity contribution in [1.82, 2.24) is 0 Å². The number of rotatable bonds is 2. The van der Waals surface area contributed by atoms with Gasteiger partial charge in [-0.15, -0.1) is 0 Å². The van der Waals surface area contributed by atoms with Crippen molar-refractivity contribution in [1.29, 1.82) is 0 Å². The van der Waals surface area contributed by atoms with Gasteiger partial charge in [0.1, 0.15) is 0 Å². The van der Waals surface area contributed by atoms with Crippen molar-refractivity contribution in [2.45, 2.75) is 31.2 Å². The lowest BCUT2D eigenvalue weighted by Crippen LogP contribution is -2.36. The van der Waals surface area contributed by atoms with Crippen LogP contribution in [0.1, 0.15) is 18.1 Å². The Morgan fingerprint density at radius 1 is 1.14 bits per heavy atom. The first-order chi connectivity index (χ1) is 9.93. The molecule has 2 N–H and O–H groups in total. The van der Waals surface area contributed by atoms with Gasteiger partial charge in [-0.25, -0.2) is 8.42 Å². The molecule has 21 heavy (non-hydrogen) atoms. The molecule has 0 saturated carbocycles. The van der Waals surface area contributed by atoms with Crippen LogP contribution >= 0.6 is 0 Å². The minimum Gasteiger partial charge on any atom is -0.398 e. The van der Waals surface area contributed by atoms with Gasteiger partial charge in [0.05, 0.1) is 10.6 Å². The normalized spacial score (nSPS) is 17.8. The highest BCUT2D eigenvalue weighted by Gasteiger charge is 2.36. The highest BCUT2D eigenvalue weighted by molar-refractivity contribution is 7.93. The van der Waals surface area contributed by atoms with Crippen LogP contribution in [-0.2, 0) is 16.4 Å². The Kier molecular flexibility index (Phi) is 3.17. The third kappa shape index (κ3) is 2.08. The maximum Gasteiger partial charge on any atom is 0.264 e. The van der Waals surface area contributed by atoms with E-state index in [9.17, 15) is 8.42 Å². The molecule has 0 aliphatic carbocycles. The second-order valence-corrected chi connectivity index (χ2v) is 7.24. The number of fused-ring (bicyclic) bond motifs is 1. The van der Waals surface area contributed by atoms with Crippen LogP contribution in [-0.4, -0.2) is 14.5 Å². The quantitative estimate of drug-likeness (QED) is 0.868. The summed E-state index contributed by atoms with van der Waals surface area (Å²) < 4.78 is 27.6. The molecular weight excluding hydrogens is 284 g/mol. The van der Waals surface area contributed by atoms with E-state index in [1.54, 1.807) is 25.1 Å². The Labute approximate surface area is 125 Å². The first-order valence-electron chi connectivity index (χ1n) is 6.90. The van der Waals surface area contributed by atoms with Gasteiger partial charge >= 0.3 is 0 Å². The molecule has 1 heterocycles. The Bertz CT molecular complexity index is 800. The number of nitrogen functional groups attached to an aromatic ring is 1. The maximum absolute atomic E-state index is 13.1. The number of para-hydroxylation sites is 1. The minimum absolute atomic E-state index is 0.0896. The van der Waals surface area contributed by atoms with Gasteiger partial charge in [0, 0.05) is 11.7 Å². The van der Waals surface area contributed by atoms with Crippen LogP contribution in [0.3, 0.4) is 0 Å². The Hall–Kier alpha value is -2.01. The van der Waals surface area contributed by atoms with Crippen LogP contribution in [0.4, 0.5) is 11.4 Å². The van der Waals surface area contributed by atoms with Crippen molar-refractivity contribution >= 4 is 21.4 Å². The van der Waals surface area contributed by atoms with Gasteiger partial charge in [-0.1, -0.05) is 24.3 Å². The molecule has 0 amide bonds. The van der Waals surface area contributed by atoms with E-state index in [-0.39, 0.29) is 10.9 Å². The van der Waals surface area contributed by atoms with E-state index in [0.29, 0.717) is 11.3 Å². The lowest BCUT2D eigenvalue weighted by molar-refractivity contribution is 0.583. The number of anilines is 2. The van der Waals surface area contributed by atoms with Gasteiger partial charge in [0.25, 0.3) is 10.0 Å². The van der Waals surface area contributed by atoms with E-state index in [2.05, 4.69) is 0 Å².